The summed E-state index contributed by atoms with van der Waals surface area (Å²) in [7, 11) is 1.63. The van der Waals surface area contributed by atoms with Crippen molar-refractivity contribution < 1.29 is 14.6 Å². The van der Waals surface area contributed by atoms with Gasteiger partial charge in [-0.15, -0.1) is 0 Å². The second-order valence-electron chi connectivity index (χ2n) is 5.11. The van der Waals surface area contributed by atoms with Gasteiger partial charge in [0.05, 0.1) is 13.2 Å². The largest absolute Gasteiger partial charge is 0.496 e. The molecule has 0 saturated carbocycles. The van der Waals surface area contributed by atoms with Crippen LogP contribution in [0.15, 0.2) is 12.1 Å². The normalized spacial score (nSPS) is 19.4. The van der Waals surface area contributed by atoms with Gasteiger partial charge in [0.25, 0.3) is 5.91 Å². The van der Waals surface area contributed by atoms with Gasteiger partial charge in [-0.25, -0.2) is 0 Å². The van der Waals surface area contributed by atoms with Crippen LogP contribution in [0.1, 0.15) is 34.3 Å². The lowest BCUT2D eigenvalue weighted by Crippen LogP contribution is -2.42. The first kappa shape index (κ1) is 13.9. The third-order valence-corrected chi connectivity index (χ3v) is 3.87. The minimum Gasteiger partial charge on any atom is -0.496 e. The topological polar surface area (TPSA) is 49.8 Å². The molecule has 1 heterocycles. The van der Waals surface area contributed by atoms with Gasteiger partial charge in [-0.3, -0.25) is 4.79 Å². The Hall–Kier alpha value is -1.55. The number of hydrogen-bond acceptors (Lipinski definition) is 3. The van der Waals surface area contributed by atoms with Crippen LogP contribution in [0.4, 0.5) is 0 Å². The Balaban J connectivity index is 2.26. The first-order chi connectivity index (χ1) is 9.04. The number of hydrogen-bond donors (Lipinski definition) is 1. The number of likely N-dealkylation sites (tertiary alicyclic amines) is 1. The highest BCUT2D eigenvalue weighted by atomic mass is 16.5. The maximum atomic E-state index is 12.5. The van der Waals surface area contributed by atoms with Crippen LogP contribution < -0.4 is 4.74 Å². The van der Waals surface area contributed by atoms with E-state index in [1.54, 1.807) is 12.0 Å². The number of β-amino-alcohol motifs (C(OH)–C–C–N with tert-alkyl or cyclic N) is 1. The molecule has 1 unspecified atom stereocenters. The van der Waals surface area contributed by atoms with E-state index in [1.165, 1.54) is 0 Å². The number of aliphatic hydroxyl groups is 1. The number of carbonyl (C=O) groups excluding carboxylic acids is 1. The second-order valence-corrected chi connectivity index (χ2v) is 5.11. The lowest BCUT2D eigenvalue weighted by molar-refractivity contribution is 0.0473. The fraction of sp³-hybridized carbons (Fsp3) is 0.533. The molecule has 4 heteroatoms. The average molecular weight is 263 g/mol. The van der Waals surface area contributed by atoms with E-state index in [4.69, 9.17) is 4.74 Å². The fourth-order valence-electron chi connectivity index (χ4n) is 2.56. The van der Waals surface area contributed by atoms with E-state index in [9.17, 15) is 9.90 Å². The number of methoxy groups -OCH3 is 1. The highest BCUT2D eigenvalue weighted by molar-refractivity contribution is 5.96. The molecule has 0 aliphatic carbocycles. The summed E-state index contributed by atoms with van der Waals surface area (Å²) in [5.74, 6) is 0.801. The smallest absolute Gasteiger partial charge is 0.254 e. The standard InChI is InChI=1S/C15H21NO3/c1-10-11(2)14(19-3)7-6-13(10)15(18)16-8-4-5-12(17)9-16/h6-7,12,17H,4-5,8-9H2,1-3H3. The number of carbonyl (C=O) groups is 1. The maximum absolute atomic E-state index is 12.5. The van der Waals surface area contributed by atoms with E-state index >= 15 is 0 Å². The summed E-state index contributed by atoms with van der Waals surface area (Å²) in [5.41, 5.74) is 2.64. The highest BCUT2D eigenvalue weighted by Crippen LogP contribution is 2.25. The average Bonchev–Trinajstić information content (AvgIpc) is 2.41. The molecule has 1 atom stereocenters. The molecule has 1 aromatic rings. The molecule has 19 heavy (non-hydrogen) atoms. The lowest BCUT2D eigenvalue weighted by atomic mass is 10.00. The minimum absolute atomic E-state index is 0.00185. The van der Waals surface area contributed by atoms with Crippen LogP contribution in [0.25, 0.3) is 0 Å². The zero-order chi connectivity index (χ0) is 14.0. The molecule has 2 rings (SSSR count). The summed E-state index contributed by atoms with van der Waals surface area (Å²) < 4.78 is 5.26. The van der Waals surface area contributed by atoms with E-state index < -0.39 is 6.10 Å². The number of benzene rings is 1. The number of piperidine rings is 1. The Morgan fingerprint density at radius 2 is 2.11 bits per heavy atom. The van der Waals surface area contributed by atoms with Crippen molar-refractivity contribution in [2.75, 3.05) is 20.2 Å². The van der Waals surface area contributed by atoms with Gasteiger partial charge >= 0.3 is 0 Å². The van der Waals surface area contributed by atoms with Gasteiger partial charge in [-0.1, -0.05) is 0 Å². The summed E-state index contributed by atoms with van der Waals surface area (Å²) in [5, 5.41) is 9.67. The van der Waals surface area contributed by atoms with Crippen molar-refractivity contribution in [1.29, 1.82) is 0 Å². The van der Waals surface area contributed by atoms with Crippen molar-refractivity contribution in [2.24, 2.45) is 0 Å². The van der Waals surface area contributed by atoms with E-state index in [1.807, 2.05) is 26.0 Å². The van der Waals surface area contributed by atoms with Crippen molar-refractivity contribution in [3.05, 3.63) is 28.8 Å². The molecular formula is C15H21NO3. The van der Waals surface area contributed by atoms with Gasteiger partial charge in [0.15, 0.2) is 0 Å². The van der Waals surface area contributed by atoms with Crippen molar-refractivity contribution in [3.8, 4) is 5.75 Å². The van der Waals surface area contributed by atoms with Crippen molar-refractivity contribution >= 4 is 5.91 Å². The van der Waals surface area contributed by atoms with Gasteiger partial charge in [0.2, 0.25) is 0 Å². The number of rotatable bonds is 2. The predicted octanol–water partition coefficient (Wildman–Crippen LogP) is 1.91. The zero-order valence-electron chi connectivity index (χ0n) is 11.8. The SMILES string of the molecule is COc1ccc(C(=O)N2CCCC(O)C2)c(C)c1C. The first-order valence-electron chi connectivity index (χ1n) is 6.66. The molecule has 1 saturated heterocycles. The quantitative estimate of drug-likeness (QED) is 0.886. The third-order valence-electron chi connectivity index (χ3n) is 3.87. The monoisotopic (exact) mass is 263 g/mol. The third kappa shape index (κ3) is 2.73. The molecule has 0 bridgehead atoms. The summed E-state index contributed by atoms with van der Waals surface area (Å²) in [6.07, 6.45) is 1.25. The first-order valence-corrected chi connectivity index (χ1v) is 6.66. The number of aliphatic hydroxyl groups excluding tert-OH is 1. The van der Waals surface area contributed by atoms with Gasteiger partial charge < -0.3 is 14.7 Å². The van der Waals surface area contributed by atoms with Crippen LogP contribution in [0, 0.1) is 13.8 Å². The second kappa shape index (κ2) is 5.61. The Morgan fingerprint density at radius 1 is 1.37 bits per heavy atom. The molecule has 1 aliphatic heterocycles. The van der Waals surface area contributed by atoms with E-state index in [-0.39, 0.29) is 5.91 Å². The van der Waals surface area contributed by atoms with Gasteiger partial charge in [-0.05, 0) is 49.9 Å². The van der Waals surface area contributed by atoms with Gasteiger partial charge in [0.1, 0.15) is 5.75 Å². The van der Waals surface area contributed by atoms with Crippen LogP contribution in [0.3, 0.4) is 0 Å². The predicted molar refractivity (Wildman–Crippen MR) is 73.6 cm³/mol. The van der Waals surface area contributed by atoms with Crippen LogP contribution in [0.2, 0.25) is 0 Å². The van der Waals surface area contributed by atoms with Crippen LogP contribution in [-0.4, -0.2) is 42.2 Å². The van der Waals surface area contributed by atoms with Crippen molar-refractivity contribution in [1.82, 2.24) is 4.90 Å². The Kier molecular flexibility index (Phi) is 4.10. The molecule has 104 valence electrons. The van der Waals surface area contributed by atoms with E-state index in [0.717, 1.165) is 36.3 Å². The molecule has 1 aromatic carbocycles. The lowest BCUT2D eigenvalue weighted by Gasteiger charge is -2.30. The molecule has 0 aromatic heterocycles. The molecule has 1 fully saturated rings. The minimum atomic E-state index is -0.391. The summed E-state index contributed by atoms with van der Waals surface area (Å²) in [6.45, 7) is 5.05. The van der Waals surface area contributed by atoms with Crippen LogP contribution >= 0.6 is 0 Å². The number of nitrogens with zero attached hydrogens (tertiary/aromatic N) is 1. The molecule has 0 radical (unpaired) electrons. The Bertz CT molecular complexity index is 485. The zero-order valence-corrected chi connectivity index (χ0v) is 11.8. The van der Waals surface area contributed by atoms with E-state index in [2.05, 4.69) is 0 Å². The molecule has 0 spiro atoms. The van der Waals surface area contributed by atoms with Crippen LogP contribution in [-0.2, 0) is 0 Å². The van der Waals surface area contributed by atoms with Crippen LogP contribution in [0.5, 0.6) is 5.75 Å². The van der Waals surface area contributed by atoms with Gasteiger partial charge in [-0.2, -0.15) is 0 Å². The molecule has 1 amide bonds. The molecule has 4 nitrogen and oxygen atoms in total. The number of amides is 1. The summed E-state index contributed by atoms with van der Waals surface area (Å²) in [6, 6.07) is 3.64. The van der Waals surface area contributed by atoms with Crippen molar-refractivity contribution in [2.45, 2.75) is 32.8 Å². The Labute approximate surface area is 114 Å². The number of ether oxygens (including phenoxy) is 1. The van der Waals surface area contributed by atoms with E-state index in [0.29, 0.717) is 12.1 Å². The van der Waals surface area contributed by atoms with Gasteiger partial charge in [0, 0.05) is 18.7 Å². The Morgan fingerprint density at radius 3 is 2.74 bits per heavy atom. The molecule has 1 aliphatic rings. The molecular weight excluding hydrogens is 242 g/mol. The summed E-state index contributed by atoms with van der Waals surface area (Å²) in [4.78, 5) is 14.2. The molecule has 1 N–H and O–H groups in total. The summed E-state index contributed by atoms with van der Waals surface area (Å²) >= 11 is 0. The maximum Gasteiger partial charge on any atom is 0.254 e. The highest BCUT2D eigenvalue weighted by Gasteiger charge is 2.24. The fourth-order valence-corrected chi connectivity index (χ4v) is 2.56. The van der Waals surface area contributed by atoms with Crippen molar-refractivity contribution in [3.63, 3.8) is 0 Å².